The molecule has 4 nitrogen and oxygen atoms in total. The highest BCUT2D eigenvalue weighted by molar-refractivity contribution is 5.77. The van der Waals surface area contributed by atoms with Crippen molar-refractivity contribution in [3.63, 3.8) is 0 Å². The minimum Gasteiger partial charge on any atom is -0.364 e. The Labute approximate surface area is 64.3 Å². The van der Waals surface area contributed by atoms with Crippen LogP contribution in [0.5, 0.6) is 0 Å². The zero-order valence-corrected chi connectivity index (χ0v) is 6.10. The average molecular weight is 155 g/mol. The molecule has 0 aromatic carbocycles. The predicted octanol–water partition coefficient (Wildman–Crippen LogP) is 0.386. The molecule has 0 aromatic rings. The van der Waals surface area contributed by atoms with Gasteiger partial charge >= 0.3 is 5.97 Å². The lowest BCUT2D eigenvalue weighted by Gasteiger charge is -2.22. The van der Waals surface area contributed by atoms with Crippen LogP contribution >= 0.6 is 0 Å². The van der Waals surface area contributed by atoms with Crippen molar-refractivity contribution in [2.45, 2.75) is 6.04 Å². The van der Waals surface area contributed by atoms with Crippen LogP contribution in [0.2, 0.25) is 0 Å². The number of allylic oxidation sites excluding steroid dienone is 2. The smallest absolute Gasteiger partial charge is 0.364 e. The van der Waals surface area contributed by atoms with E-state index in [1.54, 1.807) is 36.4 Å². The quantitative estimate of drug-likeness (QED) is 0.439. The predicted molar refractivity (Wildman–Crippen MR) is 38.6 cm³/mol. The number of likely N-dealkylation sites (N-methyl/N-ethyl adjacent to an activating group) is 1. The van der Waals surface area contributed by atoms with Crippen molar-refractivity contribution in [1.29, 1.82) is 0 Å². The number of carbonyl (C=O) groups is 1. The molecule has 1 aliphatic rings. The lowest BCUT2D eigenvalue weighted by molar-refractivity contribution is -0.237. The van der Waals surface area contributed by atoms with Gasteiger partial charge < -0.3 is 4.90 Å². The SMILES string of the molecule is CN1C=CC=CC1C(=O)OO. The summed E-state index contributed by atoms with van der Waals surface area (Å²) in [5.74, 6) is -0.673. The van der Waals surface area contributed by atoms with Crippen LogP contribution < -0.4 is 0 Å². The molecule has 60 valence electrons. The zero-order valence-electron chi connectivity index (χ0n) is 6.10. The summed E-state index contributed by atoms with van der Waals surface area (Å²) < 4.78 is 0. The lowest BCUT2D eigenvalue weighted by Crippen LogP contribution is -2.35. The summed E-state index contributed by atoms with van der Waals surface area (Å²) in [6, 6.07) is -0.509. The minimum atomic E-state index is -0.673. The van der Waals surface area contributed by atoms with Crippen molar-refractivity contribution in [1.82, 2.24) is 4.90 Å². The van der Waals surface area contributed by atoms with Crippen LogP contribution in [0.1, 0.15) is 0 Å². The molecule has 0 fully saturated rings. The Hall–Kier alpha value is -1.29. The van der Waals surface area contributed by atoms with Crippen LogP contribution in [-0.4, -0.2) is 29.2 Å². The molecule has 1 rings (SSSR count). The van der Waals surface area contributed by atoms with Gasteiger partial charge in [0.25, 0.3) is 0 Å². The van der Waals surface area contributed by atoms with E-state index in [2.05, 4.69) is 4.89 Å². The lowest BCUT2D eigenvalue weighted by atomic mass is 10.2. The van der Waals surface area contributed by atoms with E-state index in [0.717, 1.165) is 0 Å². The fourth-order valence-corrected chi connectivity index (χ4v) is 0.882. The highest BCUT2D eigenvalue weighted by Crippen LogP contribution is 2.06. The summed E-state index contributed by atoms with van der Waals surface area (Å²) in [5, 5.41) is 8.07. The molecule has 0 bridgehead atoms. The van der Waals surface area contributed by atoms with E-state index in [1.165, 1.54) is 0 Å². The summed E-state index contributed by atoms with van der Waals surface area (Å²) in [6.45, 7) is 0. The maximum Gasteiger partial charge on any atom is 0.368 e. The van der Waals surface area contributed by atoms with Crippen LogP contribution in [0.25, 0.3) is 0 Å². The molecule has 1 aliphatic heterocycles. The minimum absolute atomic E-state index is 0.509. The Balaban J connectivity index is 2.65. The second-order valence-corrected chi connectivity index (χ2v) is 2.25. The molecule has 0 amide bonds. The molecule has 4 heteroatoms. The van der Waals surface area contributed by atoms with Gasteiger partial charge in [-0.1, -0.05) is 12.2 Å². The third-order valence-electron chi connectivity index (χ3n) is 1.50. The maximum atomic E-state index is 10.8. The molecule has 1 unspecified atom stereocenters. The van der Waals surface area contributed by atoms with E-state index >= 15 is 0 Å². The van der Waals surface area contributed by atoms with E-state index < -0.39 is 12.0 Å². The van der Waals surface area contributed by atoms with Crippen LogP contribution in [0, 0.1) is 0 Å². The molecular formula is C7H9NO3. The van der Waals surface area contributed by atoms with Gasteiger partial charge in [0, 0.05) is 7.05 Å². The average Bonchev–Trinajstić information content (AvgIpc) is 2.04. The summed E-state index contributed by atoms with van der Waals surface area (Å²) in [6.07, 6.45) is 6.88. The number of rotatable bonds is 1. The third-order valence-corrected chi connectivity index (χ3v) is 1.50. The molecule has 0 aliphatic carbocycles. The van der Waals surface area contributed by atoms with E-state index in [4.69, 9.17) is 5.26 Å². The Morgan fingerprint density at radius 1 is 1.64 bits per heavy atom. The van der Waals surface area contributed by atoms with Crippen molar-refractivity contribution in [3.8, 4) is 0 Å². The highest BCUT2D eigenvalue weighted by Gasteiger charge is 2.21. The molecule has 0 saturated carbocycles. The van der Waals surface area contributed by atoms with Gasteiger partial charge in [0.05, 0.1) is 0 Å². The van der Waals surface area contributed by atoms with Crippen LogP contribution in [0.4, 0.5) is 0 Å². The van der Waals surface area contributed by atoms with Crippen LogP contribution in [-0.2, 0) is 9.68 Å². The van der Waals surface area contributed by atoms with Crippen molar-refractivity contribution in [2.75, 3.05) is 7.05 Å². The molecule has 11 heavy (non-hydrogen) atoms. The monoisotopic (exact) mass is 155 g/mol. The van der Waals surface area contributed by atoms with Gasteiger partial charge in [-0.25, -0.2) is 4.79 Å². The third kappa shape index (κ3) is 1.59. The van der Waals surface area contributed by atoms with Crippen molar-refractivity contribution >= 4 is 5.97 Å². The molecule has 0 radical (unpaired) electrons. The van der Waals surface area contributed by atoms with E-state index in [0.29, 0.717) is 0 Å². The largest absolute Gasteiger partial charge is 0.368 e. The first-order valence-corrected chi connectivity index (χ1v) is 3.18. The summed E-state index contributed by atoms with van der Waals surface area (Å²) in [4.78, 5) is 16.0. The summed E-state index contributed by atoms with van der Waals surface area (Å²) >= 11 is 0. The van der Waals surface area contributed by atoms with Crippen LogP contribution in [0.15, 0.2) is 24.4 Å². The number of hydrogen-bond acceptors (Lipinski definition) is 4. The fraction of sp³-hybridized carbons (Fsp3) is 0.286. The Morgan fingerprint density at radius 2 is 2.36 bits per heavy atom. The van der Waals surface area contributed by atoms with Crippen LogP contribution in [0.3, 0.4) is 0 Å². The fourth-order valence-electron chi connectivity index (χ4n) is 0.882. The second-order valence-electron chi connectivity index (χ2n) is 2.25. The molecule has 1 heterocycles. The molecule has 1 atom stereocenters. The van der Waals surface area contributed by atoms with Gasteiger partial charge in [0.2, 0.25) is 0 Å². The van der Waals surface area contributed by atoms with Crippen molar-refractivity contribution < 1.29 is 14.9 Å². The van der Waals surface area contributed by atoms with Gasteiger partial charge in [-0.05, 0) is 12.3 Å². The summed E-state index contributed by atoms with van der Waals surface area (Å²) in [5.41, 5.74) is 0. The summed E-state index contributed by atoms with van der Waals surface area (Å²) in [7, 11) is 1.72. The first-order valence-electron chi connectivity index (χ1n) is 3.18. The maximum absolute atomic E-state index is 10.8. The first-order chi connectivity index (χ1) is 5.25. The number of nitrogens with zero attached hydrogens (tertiary/aromatic N) is 1. The molecule has 0 aromatic heterocycles. The van der Waals surface area contributed by atoms with Gasteiger partial charge in [-0.2, -0.15) is 5.26 Å². The Bertz CT molecular complexity index is 210. The van der Waals surface area contributed by atoms with Crippen molar-refractivity contribution in [3.05, 3.63) is 24.4 Å². The van der Waals surface area contributed by atoms with Crippen molar-refractivity contribution in [2.24, 2.45) is 0 Å². The van der Waals surface area contributed by atoms with Gasteiger partial charge in [0.15, 0.2) is 0 Å². The van der Waals surface area contributed by atoms with Gasteiger partial charge in [-0.3, -0.25) is 4.89 Å². The first kappa shape index (κ1) is 7.81. The standard InChI is InChI=1S/C7H9NO3/c1-8-5-3-2-4-6(8)7(9)11-10/h2-6,10H,1H3. The number of carbonyl (C=O) groups excluding carboxylic acids is 1. The normalized spacial score (nSPS) is 22.0. The zero-order chi connectivity index (χ0) is 8.27. The number of hydrogen-bond donors (Lipinski definition) is 1. The molecule has 1 N–H and O–H groups in total. The molecule has 0 saturated heterocycles. The van der Waals surface area contributed by atoms with Gasteiger partial charge in [0.1, 0.15) is 6.04 Å². The topological polar surface area (TPSA) is 49.8 Å². The molecule has 0 spiro atoms. The Morgan fingerprint density at radius 3 is 2.91 bits per heavy atom. The second kappa shape index (κ2) is 3.21. The Kier molecular flexibility index (Phi) is 2.28. The highest BCUT2D eigenvalue weighted by atomic mass is 17.1. The van der Waals surface area contributed by atoms with Gasteiger partial charge in [-0.15, -0.1) is 0 Å². The van der Waals surface area contributed by atoms with E-state index in [9.17, 15) is 4.79 Å². The van der Waals surface area contributed by atoms with E-state index in [-0.39, 0.29) is 0 Å². The molecular weight excluding hydrogens is 146 g/mol. The van der Waals surface area contributed by atoms with E-state index in [1.807, 2.05) is 0 Å².